The molecule has 1 aromatic carbocycles. The van der Waals surface area contributed by atoms with E-state index in [1.165, 1.54) is 12.1 Å². The van der Waals surface area contributed by atoms with Crippen molar-refractivity contribution in [3.63, 3.8) is 0 Å². The van der Waals surface area contributed by atoms with Crippen molar-refractivity contribution in [2.24, 2.45) is 0 Å². The number of nitrogens with one attached hydrogen (secondary N) is 1. The van der Waals surface area contributed by atoms with Gasteiger partial charge in [0.2, 0.25) is 5.91 Å². The highest BCUT2D eigenvalue weighted by atomic mass is 35.5. The highest BCUT2D eigenvalue weighted by Crippen LogP contribution is 2.18. The van der Waals surface area contributed by atoms with Crippen molar-refractivity contribution in [3.05, 3.63) is 65.0 Å². The van der Waals surface area contributed by atoms with Crippen molar-refractivity contribution < 1.29 is 9.18 Å². The number of benzene rings is 1. The minimum Gasteiger partial charge on any atom is -0.323 e. The van der Waals surface area contributed by atoms with Crippen LogP contribution < -0.4 is 5.32 Å². The number of carbonyl (C=O) groups is 1. The maximum atomic E-state index is 13.1. The highest BCUT2D eigenvalue weighted by molar-refractivity contribution is 6.31. The van der Waals surface area contributed by atoms with Gasteiger partial charge in [0.15, 0.2) is 0 Å². The molecule has 0 unspecified atom stereocenters. The number of amides is 1. The second-order valence-corrected chi connectivity index (χ2v) is 6.15. The van der Waals surface area contributed by atoms with Gasteiger partial charge in [0.25, 0.3) is 0 Å². The van der Waals surface area contributed by atoms with Crippen molar-refractivity contribution >= 4 is 23.2 Å². The predicted molar refractivity (Wildman–Crippen MR) is 92.9 cm³/mol. The molecule has 0 radical (unpaired) electrons. The minimum absolute atomic E-state index is 0.118. The molecule has 3 aromatic rings. The third-order valence-electron chi connectivity index (χ3n) is 3.59. The zero-order valence-corrected chi connectivity index (χ0v) is 14.4. The minimum atomic E-state index is -0.380. The maximum absolute atomic E-state index is 13.1. The number of anilines is 1. The quantitative estimate of drug-likeness (QED) is 0.733. The van der Waals surface area contributed by atoms with E-state index in [9.17, 15) is 9.18 Å². The number of hydrogen-bond acceptors (Lipinski definition) is 3. The number of hydrogen-bond donors (Lipinski definition) is 1. The van der Waals surface area contributed by atoms with Gasteiger partial charge in [-0.1, -0.05) is 17.7 Å². The average Bonchev–Trinajstić information content (AvgIpc) is 3.17. The first-order valence-corrected chi connectivity index (χ1v) is 8.13. The van der Waals surface area contributed by atoms with Crippen LogP contribution in [0.15, 0.2) is 43.0 Å². The molecule has 0 fully saturated rings. The molecule has 0 saturated heterocycles. The first-order valence-electron chi connectivity index (χ1n) is 7.75. The summed E-state index contributed by atoms with van der Waals surface area (Å²) in [5, 5.41) is 11.5. The fourth-order valence-corrected chi connectivity index (χ4v) is 2.59. The van der Waals surface area contributed by atoms with Crippen LogP contribution in [-0.2, 0) is 17.9 Å². The van der Waals surface area contributed by atoms with Crippen LogP contribution in [0.25, 0.3) is 0 Å². The van der Waals surface area contributed by atoms with E-state index < -0.39 is 0 Å². The molecule has 0 aliphatic heterocycles. The first kappa shape index (κ1) is 17.2. The Hall–Kier alpha value is -2.67. The van der Waals surface area contributed by atoms with Gasteiger partial charge >= 0.3 is 0 Å². The third-order valence-corrected chi connectivity index (χ3v) is 3.95. The number of rotatable bonds is 6. The second kappa shape index (κ2) is 7.48. The Morgan fingerprint density at radius 1 is 1.24 bits per heavy atom. The van der Waals surface area contributed by atoms with Gasteiger partial charge in [0, 0.05) is 30.4 Å². The van der Waals surface area contributed by atoms with E-state index in [1.54, 1.807) is 34.0 Å². The van der Waals surface area contributed by atoms with E-state index >= 15 is 0 Å². The van der Waals surface area contributed by atoms with Gasteiger partial charge in [-0.3, -0.25) is 14.2 Å². The topological polar surface area (TPSA) is 64.7 Å². The van der Waals surface area contributed by atoms with Gasteiger partial charge in [0.1, 0.15) is 5.82 Å². The molecule has 0 spiro atoms. The summed E-state index contributed by atoms with van der Waals surface area (Å²) in [7, 11) is 0. The fourth-order valence-electron chi connectivity index (χ4n) is 2.37. The molecule has 3 rings (SSSR count). The Bertz CT molecular complexity index is 889. The van der Waals surface area contributed by atoms with Crippen LogP contribution in [0.1, 0.15) is 17.5 Å². The molecule has 0 aliphatic carbocycles. The van der Waals surface area contributed by atoms with Crippen LogP contribution in [0.3, 0.4) is 0 Å². The normalized spacial score (nSPS) is 10.8. The van der Waals surface area contributed by atoms with Gasteiger partial charge < -0.3 is 5.32 Å². The summed E-state index contributed by atoms with van der Waals surface area (Å²) in [5.74, 6) is -0.498. The van der Waals surface area contributed by atoms with Crippen molar-refractivity contribution in [1.29, 1.82) is 0 Å². The van der Waals surface area contributed by atoms with E-state index in [0.29, 0.717) is 30.2 Å². The first-order chi connectivity index (χ1) is 12.0. The van der Waals surface area contributed by atoms with Gasteiger partial charge in [0.05, 0.1) is 24.6 Å². The summed E-state index contributed by atoms with van der Waals surface area (Å²) in [6.07, 6.45) is 7.22. The lowest BCUT2D eigenvalue weighted by Crippen LogP contribution is -2.14. The van der Waals surface area contributed by atoms with Crippen molar-refractivity contribution in [2.75, 3.05) is 5.32 Å². The average molecular weight is 362 g/mol. The summed E-state index contributed by atoms with van der Waals surface area (Å²) in [6.45, 7) is 2.85. The van der Waals surface area contributed by atoms with E-state index in [-0.39, 0.29) is 11.7 Å². The molecule has 130 valence electrons. The van der Waals surface area contributed by atoms with Crippen molar-refractivity contribution in [3.8, 4) is 0 Å². The molecule has 0 saturated carbocycles. The molecule has 2 aromatic heterocycles. The van der Waals surface area contributed by atoms with Crippen LogP contribution in [0.5, 0.6) is 0 Å². The Morgan fingerprint density at radius 2 is 2.04 bits per heavy atom. The van der Waals surface area contributed by atoms with Gasteiger partial charge in [-0.15, -0.1) is 0 Å². The molecule has 25 heavy (non-hydrogen) atoms. The largest absolute Gasteiger partial charge is 0.323 e. The third kappa shape index (κ3) is 4.67. The lowest BCUT2D eigenvalue weighted by atomic mass is 10.2. The van der Waals surface area contributed by atoms with Gasteiger partial charge in [-0.05, 0) is 30.2 Å². The zero-order chi connectivity index (χ0) is 17.8. The molecule has 0 bridgehead atoms. The van der Waals surface area contributed by atoms with Crippen LogP contribution in [0.4, 0.5) is 10.1 Å². The SMILES string of the molecule is Cc1cnn(CCC(=O)Nc2cnn(Cc3ccc(F)cc3Cl)c2)c1. The Morgan fingerprint density at radius 3 is 2.76 bits per heavy atom. The molecule has 0 atom stereocenters. The van der Waals surface area contributed by atoms with E-state index in [0.717, 1.165) is 11.1 Å². The second-order valence-electron chi connectivity index (χ2n) is 5.74. The molecule has 8 heteroatoms. The van der Waals surface area contributed by atoms with E-state index in [1.807, 2.05) is 13.1 Å². The molecule has 0 aliphatic rings. The van der Waals surface area contributed by atoms with Crippen molar-refractivity contribution in [2.45, 2.75) is 26.4 Å². The predicted octanol–water partition coefficient (Wildman–Crippen LogP) is 3.26. The Kier molecular flexibility index (Phi) is 5.14. The van der Waals surface area contributed by atoms with Crippen LogP contribution in [0.2, 0.25) is 5.02 Å². The monoisotopic (exact) mass is 361 g/mol. The molecular formula is C17H17ClFN5O. The maximum Gasteiger partial charge on any atom is 0.226 e. The summed E-state index contributed by atoms with van der Waals surface area (Å²) in [4.78, 5) is 12.0. The van der Waals surface area contributed by atoms with Crippen LogP contribution >= 0.6 is 11.6 Å². The van der Waals surface area contributed by atoms with Gasteiger partial charge in [-0.2, -0.15) is 10.2 Å². The number of aryl methyl sites for hydroxylation is 2. The Balaban J connectivity index is 1.55. The summed E-state index contributed by atoms with van der Waals surface area (Å²) < 4.78 is 16.4. The zero-order valence-electron chi connectivity index (χ0n) is 13.6. The molecule has 1 amide bonds. The van der Waals surface area contributed by atoms with Crippen molar-refractivity contribution in [1.82, 2.24) is 19.6 Å². The lowest BCUT2D eigenvalue weighted by molar-refractivity contribution is -0.116. The fraction of sp³-hybridized carbons (Fsp3) is 0.235. The number of halogens is 2. The molecule has 2 heterocycles. The Labute approximate surface area is 149 Å². The smallest absolute Gasteiger partial charge is 0.226 e. The van der Waals surface area contributed by atoms with Gasteiger partial charge in [-0.25, -0.2) is 4.39 Å². The van der Waals surface area contributed by atoms with Crippen LogP contribution in [0, 0.1) is 12.7 Å². The van der Waals surface area contributed by atoms with Crippen LogP contribution in [-0.4, -0.2) is 25.5 Å². The molecular weight excluding hydrogens is 345 g/mol. The van der Waals surface area contributed by atoms with E-state index in [2.05, 4.69) is 15.5 Å². The summed E-state index contributed by atoms with van der Waals surface area (Å²) in [5.41, 5.74) is 2.40. The summed E-state index contributed by atoms with van der Waals surface area (Å²) >= 11 is 6.01. The standard InChI is InChI=1S/C17H17ClFN5O/c1-12-7-20-23(9-12)5-4-17(25)22-15-8-21-24(11-15)10-13-2-3-14(19)6-16(13)18/h2-3,6-9,11H,4-5,10H2,1H3,(H,22,25). The number of carbonyl (C=O) groups excluding carboxylic acids is 1. The highest BCUT2D eigenvalue weighted by Gasteiger charge is 2.08. The number of aromatic nitrogens is 4. The number of nitrogens with zero attached hydrogens (tertiary/aromatic N) is 4. The molecule has 6 nitrogen and oxygen atoms in total. The van der Waals surface area contributed by atoms with E-state index in [4.69, 9.17) is 11.6 Å². The summed E-state index contributed by atoms with van der Waals surface area (Å²) in [6, 6.07) is 4.23. The lowest BCUT2D eigenvalue weighted by Gasteiger charge is -2.05. The molecule has 1 N–H and O–H groups in total.